The lowest BCUT2D eigenvalue weighted by molar-refractivity contribution is -0.188. The van der Waals surface area contributed by atoms with E-state index in [0.717, 1.165) is 12.1 Å². The van der Waals surface area contributed by atoms with Gasteiger partial charge in [-0.2, -0.15) is 0 Å². The van der Waals surface area contributed by atoms with Crippen LogP contribution in [-0.2, 0) is 10.3 Å². The normalized spacial score (nSPS) is 29.6. The monoisotopic (exact) mass is 277 g/mol. The van der Waals surface area contributed by atoms with Crippen LogP contribution in [0.1, 0.15) is 31.4 Å². The summed E-state index contributed by atoms with van der Waals surface area (Å²) in [6, 6.07) is 8.23. The van der Waals surface area contributed by atoms with Crippen LogP contribution in [0.15, 0.2) is 24.3 Å². The van der Waals surface area contributed by atoms with Gasteiger partial charge in [-0.3, -0.25) is 0 Å². The Balaban J connectivity index is 2.38. The Hall–Kier alpha value is -0.900. The van der Waals surface area contributed by atoms with Gasteiger partial charge >= 0.3 is 0 Å². The van der Waals surface area contributed by atoms with E-state index in [1.165, 1.54) is 5.56 Å². The maximum Gasteiger partial charge on any atom is 0.0986 e. The quantitative estimate of drug-likeness (QED) is 0.921. The molecule has 0 amide bonds. The van der Waals surface area contributed by atoms with Crippen molar-refractivity contribution in [2.75, 3.05) is 27.2 Å². The minimum atomic E-state index is -0.821. The molecule has 2 rings (SSSR count). The summed E-state index contributed by atoms with van der Waals surface area (Å²) in [5.74, 6) is 0.0901. The van der Waals surface area contributed by atoms with E-state index >= 15 is 0 Å². The molecule has 1 saturated heterocycles. The second-order valence-electron chi connectivity index (χ2n) is 7.00. The van der Waals surface area contributed by atoms with E-state index in [0.29, 0.717) is 13.0 Å². The van der Waals surface area contributed by atoms with Crippen LogP contribution < -0.4 is 0 Å². The molecule has 1 aromatic rings. The van der Waals surface area contributed by atoms with Crippen LogP contribution in [0, 0.1) is 12.8 Å². The minimum Gasteiger partial charge on any atom is -0.385 e. The number of hydrogen-bond donors (Lipinski definition) is 1. The van der Waals surface area contributed by atoms with Gasteiger partial charge in [0.15, 0.2) is 0 Å². The van der Waals surface area contributed by atoms with Crippen molar-refractivity contribution in [2.45, 2.75) is 38.4 Å². The SMILES string of the molecule is Cc1cccc(C2(O)CC(C)(C)OCC2CN(C)C)c1. The van der Waals surface area contributed by atoms with Crippen molar-refractivity contribution in [1.82, 2.24) is 4.90 Å². The molecule has 1 aliphatic heterocycles. The average Bonchev–Trinajstić information content (AvgIpc) is 2.32. The van der Waals surface area contributed by atoms with Gasteiger partial charge in [0.25, 0.3) is 0 Å². The summed E-state index contributed by atoms with van der Waals surface area (Å²) in [6.45, 7) is 7.59. The zero-order chi connectivity index (χ0) is 15.0. The van der Waals surface area contributed by atoms with Crippen LogP contribution >= 0.6 is 0 Å². The second kappa shape index (κ2) is 5.47. The first kappa shape index (κ1) is 15.5. The molecule has 2 unspecified atom stereocenters. The fourth-order valence-corrected chi connectivity index (χ4v) is 3.21. The molecule has 2 atom stereocenters. The molecule has 3 nitrogen and oxygen atoms in total. The summed E-state index contributed by atoms with van der Waals surface area (Å²) in [7, 11) is 4.08. The Bertz CT molecular complexity index is 470. The number of aryl methyl sites for hydroxylation is 1. The van der Waals surface area contributed by atoms with Crippen LogP contribution in [0.5, 0.6) is 0 Å². The highest BCUT2D eigenvalue weighted by atomic mass is 16.5. The third-order valence-corrected chi connectivity index (χ3v) is 4.15. The van der Waals surface area contributed by atoms with Crippen molar-refractivity contribution in [3.05, 3.63) is 35.4 Å². The Morgan fingerprint density at radius 2 is 2.05 bits per heavy atom. The Morgan fingerprint density at radius 3 is 2.65 bits per heavy atom. The van der Waals surface area contributed by atoms with E-state index in [9.17, 15) is 5.11 Å². The van der Waals surface area contributed by atoms with Crippen molar-refractivity contribution in [2.24, 2.45) is 5.92 Å². The van der Waals surface area contributed by atoms with Crippen LogP contribution in [0.4, 0.5) is 0 Å². The molecule has 0 saturated carbocycles. The Morgan fingerprint density at radius 1 is 1.35 bits per heavy atom. The van der Waals surface area contributed by atoms with E-state index < -0.39 is 5.60 Å². The molecule has 3 heteroatoms. The van der Waals surface area contributed by atoms with E-state index in [4.69, 9.17) is 4.74 Å². The Kier molecular flexibility index (Phi) is 4.24. The summed E-state index contributed by atoms with van der Waals surface area (Å²) in [5.41, 5.74) is 1.09. The summed E-state index contributed by atoms with van der Waals surface area (Å²) < 4.78 is 5.94. The third kappa shape index (κ3) is 3.22. The van der Waals surface area contributed by atoms with Gasteiger partial charge < -0.3 is 14.7 Å². The fraction of sp³-hybridized carbons (Fsp3) is 0.647. The van der Waals surface area contributed by atoms with Gasteiger partial charge in [0.2, 0.25) is 0 Å². The highest BCUT2D eigenvalue weighted by Gasteiger charge is 2.47. The van der Waals surface area contributed by atoms with Gasteiger partial charge in [-0.15, -0.1) is 0 Å². The molecule has 1 aromatic carbocycles. The van der Waals surface area contributed by atoms with Crippen molar-refractivity contribution in [3.8, 4) is 0 Å². The lowest BCUT2D eigenvalue weighted by atomic mass is 9.72. The molecule has 1 N–H and O–H groups in total. The molecule has 1 aliphatic rings. The van der Waals surface area contributed by atoms with Crippen molar-refractivity contribution in [1.29, 1.82) is 0 Å². The summed E-state index contributed by atoms with van der Waals surface area (Å²) >= 11 is 0. The first-order chi connectivity index (χ1) is 9.23. The van der Waals surface area contributed by atoms with Crippen molar-refractivity contribution in [3.63, 3.8) is 0 Å². The zero-order valence-electron chi connectivity index (χ0n) is 13.3. The Labute approximate surface area is 122 Å². The van der Waals surface area contributed by atoms with E-state index in [1.54, 1.807) is 0 Å². The summed E-state index contributed by atoms with van der Waals surface area (Å²) in [6.07, 6.45) is 0.627. The van der Waals surface area contributed by atoms with Gasteiger partial charge in [0.05, 0.1) is 17.8 Å². The topological polar surface area (TPSA) is 32.7 Å². The predicted octanol–water partition coefficient (Wildman–Crippen LogP) is 2.56. The van der Waals surface area contributed by atoms with E-state index in [-0.39, 0.29) is 11.5 Å². The number of nitrogens with zero attached hydrogens (tertiary/aromatic N) is 1. The van der Waals surface area contributed by atoms with Crippen LogP contribution in [0.2, 0.25) is 0 Å². The molecule has 0 bridgehead atoms. The largest absolute Gasteiger partial charge is 0.385 e. The highest BCUT2D eigenvalue weighted by Crippen LogP contribution is 2.43. The molecule has 1 fully saturated rings. The first-order valence-corrected chi connectivity index (χ1v) is 7.31. The highest BCUT2D eigenvalue weighted by molar-refractivity contribution is 5.29. The minimum absolute atomic E-state index is 0.0901. The first-order valence-electron chi connectivity index (χ1n) is 7.31. The van der Waals surface area contributed by atoms with Gasteiger partial charge in [-0.1, -0.05) is 29.8 Å². The van der Waals surface area contributed by atoms with Crippen LogP contribution in [0.25, 0.3) is 0 Å². The average molecular weight is 277 g/mol. The third-order valence-electron chi connectivity index (χ3n) is 4.15. The number of aliphatic hydroxyl groups is 1. The molecular weight excluding hydrogens is 250 g/mol. The molecule has 0 radical (unpaired) electrons. The maximum atomic E-state index is 11.4. The lowest BCUT2D eigenvalue weighted by Gasteiger charge is -2.48. The van der Waals surface area contributed by atoms with Crippen molar-refractivity contribution >= 4 is 0 Å². The van der Waals surface area contributed by atoms with Crippen LogP contribution in [0.3, 0.4) is 0 Å². The molecule has 0 aliphatic carbocycles. The molecule has 0 aromatic heterocycles. The van der Waals surface area contributed by atoms with Gasteiger partial charge in [-0.05, 0) is 40.4 Å². The predicted molar refractivity (Wildman–Crippen MR) is 81.8 cm³/mol. The van der Waals surface area contributed by atoms with Gasteiger partial charge in [0, 0.05) is 18.9 Å². The lowest BCUT2D eigenvalue weighted by Crippen LogP contribution is -2.53. The maximum absolute atomic E-state index is 11.4. The molecular formula is C17H27NO2. The fourth-order valence-electron chi connectivity index (χ4n) is 3.21. The number of benzene rings is 1. The molecule has 112 valence electrons. The number of ether oxygens (including phenoxy) is 1. The van der Waals surface area contributed by atoms with Crippen LogP contribution in [-0.4, -0.2) is 42.9 Å². The summed E-state index contributed by atoms with van der Waals surface area (Å²) in [5, 5.41) is 11.4. The van der Waals surface area contributed by atoms with E-state index in [1.807, 2.05) is 26.2 Å². The van der Waals surface area contributed by atoms with Gasteiger partial charge in [0.1, 0.15) is 0 Å². The zero-order valence-corrected chi connectivity index (χ0v) is 13.3. The van der Waals surface area contributed by atoms with Gasteiger partial charge in [-0.25, -0.2) is 0 Å². The van der Waals surface area contributed by atoms with E-state index in [2.05, 4.69) is 37.8 Å². The smallest absolute Gasteiger partial charge is 0.0986 e. The molecule has 0 spiro atoms. The summed E-state index contributed by atoms with van der Waals surface area (Å²) in [4.78, 5) is 2.12. The van der Waals surface area contributed by atoms with Crippen molar-refractivity contribution < 1.29 is 9.84 Å². The second-order valence-corrected chi connectivity index (χ2v) is 7.00. The number of hydrogen-bond acceptors (Lipinski definition) is 3. The molecule has 20 heavy (non-hydrogen) atoms. The molecule has 1 heterocycles. The standard InChI is InChI=1S/C17H27NO2/c1-13-7-6-8-14(9-13)17(19)12-16(2,3)20-11-15(17)10-18(4)5/h6-9,15,19H,10-12H2,1-5H3. The number of rotatable bonds is 3.